The summed E-state index contributed by atoms with van der Waals surface area (Å²) in [7, 11) is 1.64. The molecule has 1 fully saturated rings. The summed E-state index contributed by atoms with van der Waals surface area (Å²) < 4.78 is 7.35. The fraction of sp³-hybridized carbons (Fsp3) is 0.161. The Kier molecular flexibility index (Phi) is 5.73. The summed E-state index contributed by atoms with van der Waals surface area (Å²) in [6, 6.07) is 27.2. The van der Waals surface area contributed by atoms with Crippen molar-refractivity contribution in [2.24, 2.45) is 0 Å². The maximum atomic E-state index is 13.9. The molecule has 0 aliphatic carbocycles. The van der Waals surface area contributed by atoms with E-state index in [-0.39, 0.29) is 23.8 Å². The lowest BCUT2D eigenvalue weighted by Crippen LogP contribution is -2.52. The Labute approximate surface area is 219 Å². The van der Waals surface area contributed by atoms with E-state index in [0.29, 0.717) is 22.8 Å². The molecule has 6 heteroatoms. The van der Waals surface area contributed by atoms with Crippen molar-refractivity contribution in [1.82, 2.24) is 9.88 Å². The van der Waals surface area contributed by atoms with Crippen molar-refractivity contribution in [3.63, 3.8) is 0 Å². The van der Waals surface area contributed by atoms with Crippen LogP contribution in [0, 0.1) is 6.92 Å². The number of β-lactam (4-membered cyclic amide) rings is 1. The van der Waals surface area contributed by atoms with Crippen molar-refractivity contribution >= 4 is 45.1 Å². The van der Waals surface area contributed by atoms with Gasteiger partial charge in [0, 0.05) is 40.0 Å². The molecule has 1 N–H and O–H groups in total. The zero-order chi connectivity index (χ0) is 25.7. The fourth-order valence-electron chi connectivity index (χ4n) is 5.61. The maximum Gasteiger partial charge on any atom is 0.262 e. The summed E-state index contributed by atoms with van der Waals surface area (Å²) in [6.07, 6.45) is 0.426. The van der Waals surface area contributed by atoms with E-state index < -0.39 is 0 Å². The number of halogens is 1. The minimum absolute atomic E-state index is 0.0337. The normalized spacial score (nSPS) is 15.9. The van der Waals surface area contributed by atoms with Crippen LogP contribution in [0.15, 0.2) is 84.9 Å². The zero-order valence-corrected chi connectivity index (χ0v) is 21.3. The first-order valence-corrected chi connectivity index (χ1v) is 12.6. The average molecular weight is 509 g/mol. The predicted molar refractivity (Wildman–Crippen MR) is 147 cm³/mol. The lowest BCUT2D eigenvalue weighted by atomic mass is 9.77. The van der Waals surface area contributed by atoms with Gasteiger partial charge in [-0.2, -0.15) is 0 Å². The van der Waals surface area contributed by atoms with Crippen LogP contribution in [-0.4, -0.2) is 29.5 Å². The Hall–Kier alpha value is -4.09. The van der Waals surface area contributed by atoms with Crippen molar-refractivity contribution in [2.75, 3.05) is 7.11 Å². The van der Waals surface area contributed by atoms with E-state index in [4.69, 9.17) is 16.3 Å². The van der Waals surface area contributed by atoms with Gasteiger partial charge in [-0.1, -0.05) is 54.1 Å². The first-order chi connectivity index (χ1) is 18.0. The first-order valence-electron chi connectivity index (χ1n) is 12.2. The molecular weight excluding hydrogens is 484 g/mol. The molecule has 0 spiro atoms. The van der Waals surface area contributed by atoms with Gasteiger partial charge in [0.15, 0.2) is 0 Å². The smallest absolute Gasteiger partial charge is 0.262 e. The van der Waals surface area contributed by atoms with Crippen LogP contribution in [0.4, 0.5) is 0 Å². The van der Waals surface area contributed by atoms with Crippen LogP contribution >= 0.6 is 11.6 Å². The van der Waals surface area contributed by atoms with E-state index in [0.717, 1.165) is 38.5 Å². The Morgan fingerprint density at radius 3 is 2.46 bits per heavy atom. The SMILES string of the molecule is COc1ccc2c(c1)c(C(c1cccc3ccccc13)C1CC(=O)N1)c(C)n2C(=O)c1ccc(Cl)cc1. The van der Waals surface area contributed by atoms with E-state index in [9.17, 15) is 9.59 Å². The molecule has 184 valence electrons. The van der Waals surface area contributed by atoms with Crippen LogP contribution in [0.2, 0.25) is 5.02 Å². The molecule has 2 unspecified atom stereocenters. The molecule has 5 aromatic rings. The van der Waals surface area contributed by atoms with Gasteiger partial charge in [-0.15, -0.1) is 0 Å². The van der Waals surface area contributed by atoms with Crippen molar-refractivity contribution in [1.29, 1.82) is 0 Å². The lowest BCUT2D eigenvalue weighted by molar-refractivity contribution is -0.128. The van der Waals surface area contributed by atoms with Gasteiger partial charge in [0.2, 0.25) is 5.91 Å². The number of ether oxygens (including phenoxy) is 1. The molecule has 1 aromatic heterocycles. The van der Waals surface area contributed by atoms with Crippen molar-refractivity contribution in [3.05, 3.63) is 112 Å². The Bertz CT molecular complexity index is 1670. The molecule has 0 radical (unpaired) electrons. The van der Waals surface area contributed by atoms with Crippen LogP contribution in [0.25, 0.3) is 21.7 Å². The summed E-state index contributed by atoms with van der Waals surface area (Å²) in [5.74, 6) is 0.452. The molecule has 1 aliphatic rings. The molecule has 37 heavy (non-hydrogen) atoms. The number of hydrogen-bond donors (Lipinski definition) is 1. The predicted octanol–water partition coefficient (Wildman–Crippen LogP) is 6.47. The van der Waals surface area contributed by atoms with Gasteiger partial charge in [0.1, 0.15) is 5.75 Å². The topological polar surface area (TPSA) is 60.3 Å². The second-order valence-corrected chi connectivity index (χ2v) is 9.89. The number of rotatable bonds is 5. The van der Waals surface area contributed by atoms with Crippen molar-refractivity contribution in [3.8, 4) is 5.75 Å². The Balaban J connectivity index is 1.64. The van der Waals surface area contributed by atoms with E-state index in [1.165, 1.54) is 0 Å². The summed E-state index contributed by atoms with van der Waals surface area (Å²) >= 11 is 6.09. The Morgan fingerprint density at radius 2 is 1.73 bits per heavy atom. The molecule has 2 atom stereocenters. The van der Waals surface area contributed by atoms with E-state index >= 15 is 0 Å². The third-order valence-electron chi connectivity index (χ3n) is 7.38. The number of benzene rings is 4. The minimum atomic E-state index is -0.155. The van der Waals surface area contributed by atoms with Gasteiger partial charge in [-0.25, -0.2) is 0 Å². The highest BCUT2D eigenvalue weighted by molar-refractivity contribution is 6.30. The monoisotopic (exact) mass is 508 g/mol. The second kappa shape index (κ2) is 9.09. The number of methoxy groups -OCH3 is 1. The molecule has 5 nitrogen and oxygen atoms in total. The highest BCUT2D eigenvalue weighted by Crippen LogP contribution is 2.43. The van der Waals surface area contributed by atoms with Crippen molar-refractivity contribution < 1.29 is 14.3 Å². The van der Waals surface area contributed by atoms with Gasteiger partial charge < -0.3 is 10.1 Å². The molecule has 0 bridgehead atoms. The third kappa shape index (κ3) is 3.87. The summed E-state index contributed by atoms with van der Waals surface area (Å²) in [6.45, 7) is 1.98. The number of aromatic nitrogens is 1. The number of nitrogens with zero attached hydrogens (tertiary/aromatic N) is 1. The summed E-state index contributed by atoms with van der Waals surface area (Å²) in [5.41, 5.74) is 4.31. The van der Waals surface area contributed by atoms with E-state index in [1.54, 1.807) is 35.9 Å². The number of carbonyl (C=O) groups excluding carboxylic acids is 2. The standard InChI is InChI=1S/C31H25ClN2O3/c1-18-29(30(26-17-28(35)33-26)24-9-5-7-19-6-3-4-8-23(19)24)25-16-22(37-2)14-15-27(25)34(18)31(36)20-10-12-21(32)13-11-20/h3-16,26,30H,17H2,1-2H3,(H,33,35). The van der Waals surface area contributed by atoms with Crippen LogP contribution in [-0.2, 0) is 4.79 Å². The number of hydrogen-bond acceptors (Lipinski definition) is 3. The van der Waals surface area contributed by atoms with Crippen LogP contribution in [0.3, 0.4) is 0 Å². The Morgan fingerprint density at radius 1 is 1.00 bits per heavy atom. The molecule has 1 saturated heterocycles. The molecule has 1 amide bonds. The third-order valence-corrected chi connectivity index (χ3v) is 7.63. The maximum absolute atomic E-state index is 13.9. The highest BCUT2D eigenvalue weighted by Gasteiger charge is 2.39. The first kappa shape index (κ1) is 23.3. The van der Waals surface area contributed by atoms with Gasteiger partial charge in [0.25, 0.3) is 5.91 Å². The van der Waals surface area contributed by atoms with Gasteiger partial charge in [-0.3, -0.25) is 14.2 Å². The molecular formula is C31H25ClN2O3. The molecule has 1 aliphatic heterocycles. The fourth-order valence-corrected chi connectivity index (χ4v) is 5.73. The lowest BCUT2D eigenvalue weighted by Gasteiger charge is -2.36. The molecule has 6 rings (SSSR count). The van der Waals surface area contributed by atoms with E-state index in [2.05, 4.69) is 35.6 Å². The minimum Gasteiger partial charge on any atom is -0.497 e. The molecule has 0 saturated carbocycles. The number of amides is 1. The van der Waals surface area contributed by atoms with Gasteiger partial charge in [-0.05, 0) is 71.3 Å². The molecule has 2 heterocycles. The largest absolute Gasteiger partial charge is 0.497 e. The average Bonchev–Trinajstić information content (AvgIpc) is 3.18. The summed E-state index contributed by atoms with van der Waals surface area (Å²) in [5, 5.41) is 6.89. The number of carbonyl (C=O) groups is 2. The van der Waals surface area contributed by atoms with Gasteiger partial charge in [0.05, 0.1) is 12.6 Å². The summed E-state index contributed by atoms with van der Waals surface area (Å²) in [4.78, 5) is 26.0. The van der Waals surface area contributed by atoms with Crippen LogP contribution in [0.1, 0.15) is 39.5 Å². The van der Waals surface area contributed by atoms with Crippen molar-refractivity contribution in [2.45, 2.75) is 25.3 Å². The van der Waals surface area contributed by atoms with E-state index in [1.807, 2.05) is 37.3 Å². The van der Waals surface area contributed by atoms with Crippen LogP contribution < -0.4 is 10.1 Å². The highest BCUT2D eigenvalue weighted by atomic mass is 35.5. The van der Waals surface area contributed by atoms with Gasteiger partial charge >= 0.3 is 0 Å². The van der Waals surface area contributed by atoms with Crippen LogP contribution in [0.5, 0.6) is 5.75 Å². The number of nitrogens with one attached hydrogen (secondary N) is 1. The number of fused-ring (bicyclic) bond motifs is 2. The molecule has 4 aromatic carbocycles. The second-order valence-electron chi connectivity index (χ2n) is 9.45. The quantitative estimate of drug-likeness (QED) is 0.277. The zero-order valence-electron chi connectivity index (χ0n) is 20.5.